The highest BCUT2D eigenvalue weighted by Gasteiger charge is 2.18. The van der Waals surface area contributed by atoms with Crippen molar-refractivity contribution in [3.8, 4) is 11.5 Å². The molecule has 1 amide bonds. The summed E-state index contributed by atoms with van der Waals surface area (Å²) < 4.78 is 7.59. The molecular formula is C21H24ClN5O2. The predicted molar refractivity (Wildman–Crippen MR) is 113 cm³/mol. The first-order chi connectivity index (χ1) is 13.8. The minimum Gasteiger partial charge on any atom is -0.457 e. The van der Waals surface area contributed by atoms with Crippen LogP contribution < -0.4 is 15.4 Å². The van der Waals surface area contributed by atoms with E-state index in [0.29, 0.717) is 18.3 Å². The number of hydrogen-bond donors (Lipinski definition) is 2. The van der Waals surface area contributed by atoms with E-state index in [4.69, 9.17) is 4.74 Å². The maximum atomic E-state index is 12.4. The molecule has 0 spiro atoms. The van der Waals surface area contributed by atoms with Gasteiger partial charge in [-0.15, -0.1) is 17.5 Å². The molecule has 0 unspecified atom stereocenters. The Hall–Kier alpha value is -2.90. The number of carbonyl (C=O) groups excluding carboxylic acids is 1. The van der Waals surface area contributed by atoms with Gasteiger partial charge in [0.2, 0.25) is 0 Å². The van der Waals surface area contributed by atoms with Gasteiger partial charge in [-0.25, -0.2) is 4.68 Å². The smallest absolute Gasteiger partial charge is 0.273 e. The number of nitrogens with zero attached hydrogens (tertiary/aromatic N) is 3. The van der Waals surface area contributed by atoms with E-state index in [1.54, 1.807) is 6.20 Å². The first kappa shape index (κ1) is 20.8. The summed E-state index contributed by atoms with van der Waals surface area (Å²) in [4.78, 5) is 12.4. The Morgan fingerprint density at radius 2 is 1.76 bits per heavy atom. The fraction of sp³-hybridized carbons (Fsp3) is 0.286. The Balaban J connectivity index is 0.00000240. The second-order valence-corrected chi connectivity index (χ2v) is 6.81. The SMILES string of the molecule is Cl.O=C(NCc1ccc(Oc2ccccc2)cc1)c1cn(C2CCNCC2)nn1. The Kier molecular flexibility index (Phi) is 7.21. The van der Waals surface area contributed by atoms with Gasteiger partial charge >= 0.3 is 0 Å². The molecule has 7 nitrogen and oxygen atoms in total. The van der Waals surface area contributed by atoms with Gasteiger partial charge in [0, 0.05) is 6.54 Å². The van der Waals surface area contributed by atoms with Gasteiger partial charge in [-0.05, 0) is 55.8 Å². The zero-order chi connectivity index (χ0) is 19.2. The van der Waals surface area contributed by atoms with Crippen LogP contribution in [0.2, 0.25) is 0 Å². The van der Waals surface area contributed by atoms with Crippen LogP contribution in [0.15, 0.2) is 60.8 Å². The van der Waals surface area contributed by atoms with Crippen molar-refractivity contribution in [2.45, 2.75) is 25.4 Å². The van der Waals surface area contributed by atoms with E-state index in [2.05, 4.69) is 20.9 Å². The van der Waals surface area contributed by atoms with Crippen molar-refractivity contribution in [1.82, 2.24) is 25.6 Å². The van der Waals surface area contributed by atoms with Crippen LogP contribution >= 0.6 is 12.4 Å². The lowest BCUT2D eigenvalue weighted by molar-refractivity contribution is 0.0946. The van der Waals surface area contributed by atoms with Gasteiger partial charge < -0.3 is 15.4 Å². The number of para-hydroxylation sites is 1. The number of hydrogen-bond acceptors (Lipinski definition) is 5. The van der Waals surface area contributed by atoms with E-state index < -0.39 is 0 Å². The molecule has 29 heavy (non-hydrogen) atoms. The van der Waals surface area contributed by atoms with Crippen molar-refractivity contribution in [2.75, 3.05) is 13.1 Å². The highest BCUT2D eigenvalue weighted by atomic mass is 35.5. The molecule has 0 atom stereocenters. The molecule has 2 aromatic carbocycles. The molecule has 2 heterocycles. The second-order valence-electron chi connectivity index (χ2n) is 6.81. The fourth-order valence-corrected chi connectivity index (χ4v) is 3.20. The average molecular weight is 414 g/mol. The minimum absolute atomic E-state index is 0. The topological polar surface area (TPSA) is 81.1 Å². The van der Waals surface area contributed by atoms with Crippen molar-refractivity contribution in [2.24, 2.45) is 0 Å². The lowest BCUT2D eigenvalue weighted by atomic mass is 10.1. The molecule has 4 rings (SSSR count). The lowest BCUT2D eigenvalue weighted by Gasteiger charge is -2.22. The number of benzene rings is 2. The van der Waals surface area contributed by atoms with Crippen LogP contribution in [-0.2, 0) is 6.54 Å². The van der Waals surface area contributed by atoms with E-state index >= 15 is 0 Å². The van der Waals surface area contributed by atoms with Crippen LogP contribution in [0.3, 0.4) is 0 Å². The molecule has 1 aliphatic heterocycles. The van der Waals surface area contributed by atoms with Gasteiger partial charge in [0.15, 0.2) is 5.69 Å². The van der Waals surface area contributed by atoms with Gasteiger partial charge in [0.1, 0.15) is 11.5 Å². The van der Waals surface area contributed by atoms with Crippen LogP contribution in [-0.4, -0.2) is 34.0 Å². The molecule has 3 aromatic rings. The summed E-state index contributed by atoms with van der Waals surface area (Å²) in [6.07, 6.45) is 3.74. The van der Waals surface area contributed by atoms with E-state index in [9.17, 15) is 4.79 Å². The molecule has 0 bridgehead atoms. The predicted octanol–water partition coefficient (Wildman–Crippen LogP) is 3.35. The van der Waals surface area contributed by atoms with Crippen LogP contribution in [0.4, 0.5) is 0 Å². The van der Waals surface area contributed by atoms with Gasteiger partial charge in [-0.1, -0.05) is 35.5 Å². The highest BCUT2D eigenvalue weighted by Crippen LogP contribution is 2.21. The van der Waals surface area contributed by atoms with E-state index in [1.807, 2.05) is 59.3 Å². The molecule has 1 aromatic heterocycles. The standard InChI is InChI=1S/C21H23N5O2.ClH/c27-21(20-15-26(25-24-20)17-10-12-22-13-11-17)23-14-16-6-8-19(9-7-16)28-18-4-2-1-3-5-18;/h1-9,15,17,22H,10-14H2,(H,23,27);1H. The van der Waals surface area contributed by atoms with Crippen molar-refractivity contribution < 1.29 is 9.53 Å². The molecule has 1 saturated heterocycles. The number of amides is 1. The van der Waals surface area contributed by atoms with E-state index in [-0.39, 0.29) is 18.3 Å². The first-order valence-corrected chi connectivity index (χ1v) is 9.50. The third-order valence-corrected chi connectivity index (χ3v) is 4.78. The third kappa shape index (κ3) is 5.56. The molecule has 1 fully saturated rings. The van der Waals surface area contributed by atoms with Crippen LogP contribution in [0.5, 0.6) is 11.5 Å². The normalized spacial score (nSPS) is 14.1. The Bertz CT molecular complexity index is 908. The zero-order valence-corrected chi connectivity index (χ0v) is 16.8. The summed E-state index contributed by atoms with van der Waals surface area (Å²) in [5.74, 6) is 1.33. The molecule has 2 N–H and O–H groups in total. The van der Waals surface area contributed by atoms with Gasteiger partial charge in [-0.2, -0.15) is 0 Å². The van der Waals surface area contributed by atoms with E-state index in [0.717, 1.165) is 43.0 Å². The van der Waals surface area contributed by atoms with Crippen molar-refractivity contribution in [1.29, 1.82) is 0 Å². The maximum absolute atomic E-state index is 12.4. The fourth-order valence-electron chi connectivity index (χ4n) is 3.20. The van der Waals surface area contributed by atoms with E-state index in [1.165, 1.54) is 0 Å². The van der Waals surface area contributed by atoms with Gasteiger partial charge in [-0.3, -0.25) is 4.79 Å². The van der Waals surface area contributed by atoms with Crippen LogP contribution in [0, 0.1) is 0 Å². The second kappa shape index (κ2) is 10.0. The lowest BCUT2D eigenvalue weighted by Crippen LogP contribution is -2.29. The molecule has 0 saturated carbocycles. The number of ether oxygens (including phenoxy) is 1. The summed E-state index contributed by atoms with van der Waals surface area (Å²) in [6.45, 7) is 2.36. The molecule has 8 heteroatoms. The molecule has 0 aliphatic carbocycles. The number of carbonyl (C=O) groups is 1. The Morgan fingerprint density at radius 3 is 2.48 bits per heavy atom. The van der Waals surface area contributed by atoms with Crippen molar-refractivity contribution in [3.63, 3.8) is 0 Å². The largest absolute Gasteiger partial charge is 0.457 e. The summed E-state index contributed by atoms with van der Waals surface area (Å²) >= 11 is 0. The average Bonchev–Trinajstić information content (AvgIpc) is 3.25. The third-order valence-electron chi connectivity index (χ3n) is 4.78. The number of piperidine rings is 1. The maximum Gasteiger partial charge on any atom is 0.273 e. The van der Waals surface area contributed by atoms with Crippen LogP contribution in [0.25, 0.3) is 0 Å². The molecule has 152 valence electrons. The van der Waals surface area contributed by atoms with Crippen LogP contribution in [0.1, 0.15) is 34.9 Å². The molecular weight excluding hydrogens is 390 g/mol. The summed E-state index contributed by atoms with van der Waals surface area (Å²) in [7, 11) is 0. The number of nitrogens with one attached hydrogen (secondary N) is 2. The zero-order valence-electron chi connectivity index (χ0n) is 16.0. The number of rotatable bonds is 6. The number of aromatic nitrogens is 3. The highest BCUT2D eigenvalue weighted by molar-refractivity contribution is 5.91. The number of halogens is 1. The Labute approximate surface area is 175 Å². The van der Waals surface area contributed by atoms with Crippen molar-refractivity contribution in [3.05, 3.63) is 72.1 Å². The monoisotopic (exact) mass is 413 g/mol. The minimum atomic E-state index is -0.218. The summed E-state index contributed by atoms with van der Waals surface area (Å²) in [5, 5.41) is 14.4. The Morgan fingerprint density at radius 1 is 1.07 bits per heavy atom. The first-order valence-electron chi connectivity index (χ1n) is 9.50. The molecule has 0 radical (unpaired) electrons. The molecule has 1 aliphatic rings. The van der Waals surface area contributed by atoms with Crippen molar-refractivity contribution >= 4 is 18.3 Å². The van der Waals surface area contributed by atoms with Gasteiger partial charge in [0.05, 0.1) is 12.2 Å². The quantitative estimate of drug-likeness (QED) is 0.647. The summed E-state index contributed by atoms with van der Waals surface area (Å²) in [5.41, 5.74) is 1.34. The van der Waals surface area contributed by atoms with Gasteiger partial charge in [0.25, 0.3) is 5.91 Å². The summed E-state index contributed by atoms with van der Waals surface area (Å²) in [6, 6.07) is 17.6.